The Morgan fingerprint density at radius 1 is 1.04 bits per heavy atom. The van der Waals surface area contributed by atoms with Gasteiger partial charge in [-0.1, -0.05) is 36.4 Å². The van der Waals surface area contributed by atoms with E-state index in [0.717, 1.165) is 6.07 Å². The van der Waals surface area contributed by atoms with Gasteiger partial charge in [0.15, 0.2) is 11.9 Å². The number of amides is 1. The van der Waals surface area contributed by atoms with Crippen molar-refractivity contribution in [2.45, 2.75) is 25.9 Å². The van der Waals surface area contributed by atoms with Crippen molar-refractivity contribution in [3.05, 3.63) is 66.0 Å². The fraction of sp³-hybridized carbons (Fsp3) is 0.211. The third-order valence-electron chi connectivity index (χ3n) is 3.42. The Morgan fingerprint density at radius 3 is 2.44 bits per heavy atom. The molecule has 6 heteroatoms. The number of halogens is 1. The molecule has 0 fully saturated rings. The fourth-order valence-corrected chi connectivity index (χ4v) is 2.10. The van der Waals surface area contributed by atoms with Gasteiger partial charge in [0.25, 0.3) is 5.91 Å². The van der Waals surface area contributed by atoms with Crippen LogP contribution in [0.15, 0.2) is 54.6 Å². The van der Waals surface area contributed by atoms with Gasteiger partial charge in [-0.25, -0.2) is 4.39 Å². The lowest BCUT2D eigenvalue weighted by molar-refractivity contribution is -0.153. The molecule has 0 aliphatic rings. The van der Waals surface area contributed by atoms with E-state index in [2.05, 4.69) is 5.32 Å². The summed E-state index contributed by atoms with van der Waals surface area (Å²) in [7, 11) is 0. The zero-order valence-electron chi connectivity index (χ0n) is 13.7. The summed E-state index contributed by atoms with van der Waals surface area (Å²) in [5.41, 5.74) is 0.791. The van der Waals surface area contributed by atoms with Crippen molar-refractivity contribution in [3.8, 4) is 0 Å². The number of anilines is 1. The van der Waals surface area contributed by atoms with Crippen LogP contribution in [0.3, 0.4) is 0 Å². The normalized spacial score (nSPS) is 11.4. The predicted molar refractivity (Wildman–Crippen MR) is 90.6 cm³/mol. The first-order valence-electron chi connectivity index (χ1n) is 7.80. The minimum atomic E-state index is -1.05. The van der Waals surface area contributed by atoms with E-state index in [9.17, 15) is 18.8 Å². The topological polar surface area (TPSA) is 72.5 Å². The highest BCUT2D eigenvalue weighted by atomic mass is 19.1. The van der Waals surface area contributed by atoms with E-state index in [-0.39, 0.29) is 24.3 Å². The molecule has 1 N–H and O–H groups in total. The minimum Gasteiger partial charge on any atom is -0.453 e. The summed E-state index contributed by atoms with van der Waals surface area (Å²) in [5.74, 6) is -1.88. The van der Waals surface area contributed by atoms with Crippen molar-refractivity contribution in [3.63, 3.8) is 0 Å². The number of carbonyl (C=O) groups excluding carboxylic acids is 3. The summed E-state index contributed by atoms with van der Waals surface area (Å²) < 4.78 is 18.1. The first kappa shape index (κ1) is 18.3. The third kappa shape index (κ3) is 5.84. The molecule has 5 nitrogen and oxygen atoms in total. The molecule has 0 aliphatic heterocycles. The molecular weight excluding hydrogens is 325 g/mol. The largest absolute Gasteiger partial charge is 0.453 e. The molecule has 0 spiro atoms. The lowest BCUT2D eigenvalue weighted by Gasteiger charge is -2.13. The number of benzene rings is 2. The van der Waals surface area contributed by atoms with Crippen LogP contribution in [0.5, 0.6) is 0 Å². The van der Waals surface area contributed by atoms with Crippen LogP contribution in [-0.2, 0) is 14.3 Å². The number of hydrogen-bond donors (Lipinski definition) is 1. The number of Topliss-reactive ketones (excluding diaryl/α,β-unsaturated/α-hetero) is 1. The van der Waals surface area contributed by atoms with Crippen LogP contribution in [0, 0.1) is 5.82 Å². The molecule has 2 rings (SSSR count). The molecule has 1 atom stereocenters. The molecule has 0 aliphatic carbocycles. The quantitative estimate of drug-likeness (QED) is 0.618. The standard InChI is InChI=1S/C19H18FNO4/c1-13(19(24)21-16-9-5-8-15(20)12-16)25-18(23)11-10-17(22)14-6-3-2-4-7-14/h2-9,12-13H,10-11H2,1H3,(H,21,24)/t13-/m1/s1. The number of nitrogens with one attached hydrogen (secondary N) is 1. The molecule has 0 aromatic heterocycles. The summed E-state index contributed by atoms with van der Waals surface area (Å²) in [6.07, 6.45) is -1.17. The molecule has 1 amide bonds. The van der Waals surface area contributed by atoms with Gasteiger partial charge >= 0.3 is 5.97 Å². The Bertz CT molecular complexity index is 761. The van der Waals surface area contributed by atoms with Gasteiger partial charge in [-0.05, 0) is 25.1 Å². The van der Waals surface area contributed by atoms with Gasteiger partial charge in [0.05, 0.1) is 6.42 Å². The number of carbonyl (C=O) groups is 3. The SMILES string of the molecule is C[C@@H](OC(=O)CCC(=O)c1ccccc1)C(=O)Nc1cccc(F)c1. The molecule has 0 saturated heterocycles. The van der Waals surface area contributed by atoms with Crippen LogP contribution < -0.4 is 5.32 Å². The fourth-order valence-electron chi connectivity index (χ4n) is 2.10. The van der Waals surface area contributed by atoms with E-state index in [1.807, 2.05) is 0 Å². The van der Waals surface area contributed by atoms with E-state index >= 15 is 0 Å². The Hall–Kier alpha value is -3.02. The highest BCUT2D eigenvalue weighted by molar-refractivity contribution is 5.98. The number of rotatable bonds is 7. The maximum absolute atomic E-state index is 13.1. The van der Waals surface area contributed by atoms with Crippen molar-refractivity contribution in [2.24, 2.45) is 0 Å². The molecule has 0 bridgehead atoms. The molecule has 0 saturated carbocycles. The zero-order valence-corrected chi connectivity index (χ0v) is 13.7. The first-order valence-corrected chi connectivity index (χ1v) is 7.80. The Labute approximate surface area is 144 Å². The predicted octanol–water partition coefficient (Wildman–Crippen LogP) is 3.36. The van der Waals surface area contributed by atoms with Crippen LogP contribution in [0.4, 0.5) is 10.1 Å². The molecule has 0 heterocycles. The maximum atomic E-state index is 13.1. The van der Waals surface area contributed by atoms with Crippen molar-refractivity contribution < 1.29 is 23.5 Å². The van der Waals surface area contributed by atoms with E-state index < -0.39 is 23.8 Å². The Morgan fingerprint density at radius 2 is 1.76 bits per heavy atom. The van der Waals surface area contributed by atoms with Crippen LogP contribution >= 0.6 is 0 Å². The minimum absolute atomic E-state index is 0.00107. The smallest absolute Gasteiger partial charge is 0.307 e. The van der Waals surface area contributed by atoms with Gasteiger partial charge in [-0.3, -0.25) is 14.4 Å². The van der Waals surface area contributed by atoms with Crippen LogP contribution in [-0.4, -0.2) is 23.8 Å². The molecule has 25 heavy (non-hydrogen) atoms. The molecular formula is C19H18FNO4. The van der Waals surface area contributed by atoms with E-state index in [4.69, 9.17) is 4.74 Å². The molecule has 0 radical (unpaired) electrons. The summed E-state index contributed by atoms with van der Waals surface area (Å²) in [6, 6.07) is 14.0. The number of esters is 1. The highest BCUT2D eigenvalue weighted by Gasteiger charge is 2.19. The summed E-state index contributed by atoms with van der Waals surface area (Å²) in [5, 5.41) is 2.46. The number of ether oxygens (including phenoxy) is 1. The lowest BCUT2D eigenvalue weighted by Crippen LogP contribution is -2.30. The second-order valence-electron chi connectivity index (χ2n) is 5.42. The van der Waals surface area contributed by atoms with Gasteiger partial charge < -0.3 is 10.1 Å². The monoisotopic (exact) mass is 343 g/mol. The van der Waals surface area contributed by atoms with Gasteiger partial charge in [0.2, 0.25) is 0 Å². The van der Waals surface area contributed by atoms with Crippen LogP contribution in [0.2, 0.25) is 0 Å². The van der Waals surface area contributed by atoms with Crippen molar-refractivity contribution in [1.82, 2.24) is 0 Å². The second kappa shape index (κ2) is 8.73. The van der Waals surface area contributed by atoms with Crippen molar-refractivity contribution in [1.29, 1.82) is 0 Å². The molecule has 2 aromatic carbocycles. The summed E-state index contributed by atoms with van der Waals surface area (Å²) >= 11 is 0. The molecule has 2 aromatic rings. The van der Waals surface area contributed by atoms with Gasteiger partial charge in [-0.2, -0.15) is 0 Å². The number of ketones is 1. The van der Waals surface area contributed by atoms with E-state index in [1.165, 1.54) is 25.1 Å². The highest BCUT2D eigenvalue weighted by Crippen LogP contribution is 2.11. The Balaban J connectivity index is 1.79. The van der Waals surface area contributed by atoms with E-state index in [1.54, 1.807) is 30.3 Å². The van der Waals surface area contributed by atoms with Crippen molar-refractivity contribution in [2.75, 3.05) is 5.32 Å². The van der Waals surface area contributed by atoms with Crippen LogP contribution in [0.1, 0.15) is 30.1 Å². The average Bonchev–Trinajstić information content (AvgIpc) is 2.60. The zero-order chi connectivity index (χ0) is 18.2. The third-order valence-corrected chi connectivity index (χ3v) is 3.42. The lowest BCUT2D eigenvalue weighted by atomic mass is 10.1. The Kier molecular flexibility index (Phi) is 6.39. The summed E-state index contributed by atoms with van der Waals surface area (Å²) in [6.45, 7) is 1.41. The molecule has 130 valence electrons. The second-order valence-corrected chi connectivity index (χ2v) is 5.42. The van der Waals surface area contributed by atoms with Gasteiger partial charge in [-0.15, -0.1) is 0 Å². The van der Waals surface area contributed by atoms with Gasteiger partial charge in [0, 0.05) is 17.7 Å². The first-order chi connectivity index (χ1) is 12.0. The van der Waals surface area contributed by atoms with Crippen LogP contribution in [0.25, 0.3) is 0 Å². The van der Waals surface area contributed by atoms with Crippen molar-refractivity contribution >= 4 is 23.3 Å². The van der Waals surface area contributed by atoms with E-state index in [0.29, 0.717) is 5.56 Å². The average molecular weight is 343 g/mol. The summed E-state index contributed by atoms with van der Waals surface area (Å²) in [4.78, 5) is 35.6. The maximum Gasteiger partial charge on any atom is 0.307 e. The van der Waals surface area contributed by atoms with Gasteiger partial charge in [0.1, 0.15) is 5.82 Å². The number of hydrogen-bond acceptors (Lipinski definition) is 4. The molecule has 0 unspecified atom stereocenters.